The Bertz CT molecular complexity index is 663. The van der Waals surface area contributed by atoms with E-state index in [1.54, 1.807) is 11.8 Å². The molecule has 0 unspecified atom stereocenters. The maximum atomic E-state index is 14.0. The first kappa shape index (κ1) is 16.0. The van der Waals surface area contributed by atoms with Crippen LogP contribution in [0.1, 0.15) is 34.8 Å². The van der Waals surface area contributed by atoms with E-state index in [0.29, 0.717) is 19.7 Å². The monoisotopic (exact) mass is 333 g/mol. The van der Waals surface area contributed by atoms with Crippen LogP contribution in [0.4, 0.5) is 9.18 Å². The lowest BCUT2D eigenvalue weighted by molar-refractivity contribution is 0.0870. The summed E-state index contributed by atoms with van der Waals surface area (Å²) in [7, 11) is 0. The number of carbonyl (C=O) groups excluding carboxylic acids is 1. The number of rotatable bonds is 3. The number of piperidine rings is 1. The van der Waals surface area contributed by atoms with Gasteiger partial charge in [-0.15, -0.1) is 11.3 Å². The molecule has 0 atom stereocenters. The van der Waals surface area contributed by atoms with Crippen molar-refractivity contribution in [2.75, 3.05) is 13.1 Å². The van der Waals surface area contributed by atoms with Gasteiger partial charge in [-0.1, -0.05) is 30.3 Å². The van der Waals surface area contributed by atoms with E-state index in [9.17, 15) is 9.18 Å². The quantitative estimate of drug-likeness (QED) is 0.814. The zero-order valence-electron chi connectivity index (χ0n) is 13.1. The van der Waals surface area contributed by atoms with Gasteiger partial charge in [0.25, 0.3) is 0 Å². The van der Waals surface area contributed by atoms with Crippen LogP contribution < -0.4 is 0 Å². The van der Waals surface area contributed by atoms with Gasteiger partial charge in [-0.2, -0.15) is 0 Å². The molecule has 0 spiro atoms. The largest absolute Gasteiger partial charge is 0.445 e. The van der Waals surface area contributed by atoms with Crippen LogP contribution in [-0.2, 0) is 11.3 Å². The molecule has 0 aliphatic carbocycles. The third-order valence-electron chi connectivity index (χ3n) is 4.25. The topological polar surface area (TPSA) is 29.5 Å². The molecular weight excluding hydrogens is 313 g/mol. The number of hydrogen-bond donors (Lipinski definition) is 0. The Hall–Kier alpha value is -1.88. The van der Waals surface area contributed by atoms with E-state index in [2.05, 4.69) is 0 Å². The fourth-order valence-corrected chi connectivity index (χ4v) is 3.96. The van der Waals surface area contributed by atoms with Crippen molar-refractivity contribution in [1.82, 2.24) is 4.90 Å². The second-order valence-electron chi connectivity index (χ2n) is 5.90. The predicted octanol–water partition coefficient (Wildman–Crippen LogP) is 4.71. The fraction of sp³-hybridized carbons (Fsp3) is 0.389. The first-order valence-electron chi connectivity index (χ1n) is 7.84. The van der Waals surface area contributed by atoms with E-state index in [-0.39, 0.29) is 17.8 Å². The number of carbonyl (C=O) groups is 1. The van der Waals surface area contributed by atoms with Gasteiger partial charge in [-0.3, -0.25) is 0 Å². The Morgan fingerprint density at radius 1 is 1.30 bits per heavy atom. The molecule has 2 aromatic rings. The zero-order chi connectivity index (χ0) is 16.2. The summed E-state index contributed by atoms with van der Waals surface area (Å²) in [4.78, 5) is 14.7. The lowest BCUT2D eigenvalue weighted by atomic mass is 9.95. The average molecular weight is 333 g/mol. The Morgan fingerprint density at radius 2 is 2.00 bits per heavy atom. The molecule has 0 radical (unpaired) electrons. The molecule has 122 valence electrons. The summed E-state index contributed by atoms with van der Waals surface area (Å²) in [6, 6.07) is 9.64. The van der Waals surface area contributed by atoms with Crippen LogP contribution in [0.5, 0.6) is 0 Å². The predicted molar refractivity (Wildman–Crippen MR) is 89.2 cm³/mol. The van der Waals surface area contributed by atoms with Crippen molar-refractivity contribution in [3.8, 4) is 0 Å². The third kappa shape index (κ3) is 3.72. The standard InChI is InChI=1S/C18H20FNO2S/c1-13-12-23-17(16(13)19)15-7-9-20(10-8-15)18(21)22-11-14-5-3-2-4-6-14/h2-6,12,15H,7-11H2,1H3. The number of amides is 1. The van der Waals surface area contributed by atoms with Gasteiger partial charge in [0.1, 0.15) is 12.4 Å². The zero-order valence-corrected chi connectivity index (χ0v) is 13.9. The van der Waals surface area contributed by atoms with Crippen molar-refractivity contribution in [3.05, 3.63) is 57.5 Å². The van der Waals surface area contributed by atoms with E-state index >= 15 is 0 Å². The van der Waals surface area contributed by atoms with Crippen LogP contribution in [0.3, 0.4) is 0 Å². The minimum atomic E-state index is -0.282. The number of nitrogens with zero attached hydrogens (tertiary/aromatic N) is 1. The molecule has 1 aliphatic rings. The van der Waals surface area contributed by atoms with Crippen molar-refractivity contribution >= 4 is 17.4 Å². The normalized spacial score (nSPS) is 15.7. The first-order valence-corrected chi connectivity index (χ1v) is 8.72. The van der Waals surface area contributed by atoms with Crippen molar-refractivity contribution < 1.29 is 13.9 Å². The van der Waals surface area contributed by atoms with Gasteiger partial charge in [0.15, 0.2) is 0 Å². The summed E-state index contributed by atoms with van der Waals surface area (Å²) in [5.41, 5.74) is 1.70. The molecule has 1 aromatic heterocycles. The van der Waals surface area contributed by atoms with Gasteiger partial charge in [0, 0.05) is 18.0 Å². The molecule has 3 nitrogen and oxygen atoms in total. The molecule has 5 heteroatoms. The number of hydrogen-bond acceptors (Lipinski definition) is 3. The highest BCUT2D eigenvalue weighted by atomic mass is 32.1. The van der Waals surface area contributed by atoms with E-state index in [4.69, 9.17) is 4.74 Å². The molecule has 23 heavy (non-hydrogen) atoms. The second kappa shape index (κ2) is 7.13. The molecule has 3 rings (SSSR count). The molecule has 1 saturated heterocycles. The maximum Gasteiger partial charge on any atom is 0.410 e. The van der Waals surface area contributed by atoms with Gasteiger partial charge in [0.2, 0.25) is 0 Å². The highest BCUT2D eigenvalue weighted by molar-refractivity contribution is 7.10. The maximum absolute atomic E-state index is 14.0. The smallest absolute Gasteiger partial charge is 0.410 e. The lowest BCUT2D eigenvalue weighted by Crippen LogP contribution is -2.38. The molecule has 1 aromatic carbocycles. The Kier molecular flexibility index (Phi) is 4.96. The third-order valence-corrected chi connectivity index (χ3v) is 5.49. The summed E-state index contributed by atoms with van der Waals surface area (Å²) < 4.78 is 19.4. The van der Waals surface area contributed by atoms with Gasteiger partial charge < -0.3 is 9.64 Å². The van der Waals surface area contributed by atoms with Crippen LogP contribution in [-0.4, -0.2) is 24.1 Å². The van der Waals surface area contributed by atoms with Crippen LogP contribution in [0, 0.1) is 12.7 Å². The molecule has 0 saturated carbocycles. The van der Waals surface area contributed by atoms with Crippen LogP contribution in [0.2, 0.25) is 0 Å². The Balaban J connectivity index is 1.50. The highest BCUT2D eigenvalue weighted by Gasteiger charge is 2.27. The SMILES string of the molecule is Cc1csc(C2CCN(C(=O)OCc3ccccc3)CC2)c1F. The summed E-state index contributed by atoms with van der Waals surface area (Å²) in [6.45, 7) is 3.33. The number of thiophene rings is 1. The number of likely N-dealkylation sites (tertiary alicyclic amines) is 1. The fourth-order valence-electron chi connectivity index (χ4n) is 2.86. The molecule has 1 aliphatic heterocycles. The van der Waals surface area contributed by atoms with E-state index < -0.39 is 0 Å². The molecule has 1 amide bonds. The molecule has 2 heterocycles. The molecule has 1 fully saturated rings. The summed E-state index contributed by atoms with van der Waals surface area (Å²) in [6.07, 6.45) is 1.30. The molecule has 0 N–H and O–H groups in total. The number of benzene rings is 1. The highest BCUT2D eigenvalue weighted by Crippen LogP contribution is 2.35. The van der Waals surface area contributed by atoms with Gasteiger partial charge in [-0.25, -0.2) is 9.18 Å². The Morgan fingerprint density at radius 3 is 2.61 bits per heavy atom. The van der Waals surface area contributed by atoms with Crippen LogP contribution in [0.25, 0.3) is 0 Å². The van der Waals surface area contributed by atoms with Crippen LogP contribution >= 0.6 is 11.3 Å². The second-order valence-corrected chi connectivity index (χ2v) is 6.81. The van der Waals surface area contributed by atoms with Crippen molar-refractivity contribution in [3.63, 3.8) is 0 Å². The minimum absolute atomic E-state index is 0.0693. The Labute approximate surface area is 139 Å². The minimum Gasteiger partial charge on any atom is -0.445 e. The van der Waals surface area contributed by atoms with Gasteiger partial charge >= 0.3 is 6.09 Å². The lowest BCUT2D eigenvalue weighted by Gasteiger charge is -2.30. The average Bonchev–Trinajstić information content (AvgIpc) is 2.93. The number of halogens is 1. The van der Waals surface area contributed by atoms with Crippen molar-refractivity contribution in [2.45, 2.75) is 32.3 Å². The summed E-state index contributed by atoms with van der Waals surface area (Å²) in [5.74, 6) is 0.145. The van der Waals surface area contributed by atoms with Gasteiger partial charge in [-0.05, 0) is 42.2 Å². The van der Waals surface area contributed by atoms with Crippen LogP contribution in [0.15, 0.2) is 35.7 Å². The summed E-state index contributed by atoms with van der Waals surface area (Å²) >= 11 is 1.49. The van der Waals surface area contributed by atoms with E-state index in [1.165, 1.54) is 11.3 Å². The molecule has 0 bridgehead atoms. The number of ether oxygens (including phenoxy) is 1. The van der Waals surface area contributed by atoms with Crippen molar-refractivity contribution in [1.29, 1.82) is 0 Å². The summed E-state index contributed by atoms with van der Waals surface area (Å²) in [5, 5.41) is 1.87. The first-order chi connectivity index (χ1) is 11.1. The number of aryl methyl sites for hydroxylation is 1. The van der Waals surface area contributed by atoms with Crippen molar-refractivity contribution in [2.24, 2.45) is 0 Å². The molecular formula is C18H20FNO2S. The van der Waals surface area contributed by atoms with Gasteiger partial charge in [0.05, 0.1) is 0 Å². The van der Waals surface area contributed by atoms with E-state index in [0.717, 1.165) is 28.8 Å². The van der Waals surface area contributed by atoms with E-state index in [1.807, 2.05) is 35.7 Å².